The smallest absolute Gasteiger partial charge is 0.408 e. The van der Waals surface area contributed by atoms with Crippen LogP contribution in [0.2, 0.25) is 0 Å². The van der Waals surface area contributed by atoms with Gasteiger partial charge < -0.3 is 35.5 Å². The average molecular weight is 651 g/mol. The van der Waals surface area contributed by atoms with Gasteiger partial charge in [-0.2, -0.15) is 0 Å². The number of benzene rings is 2. The maximum absolute atomic E-state index is 13.6. The molecule has 4 amide bonds. The third-order valence-corrected chi connectivity index (χ3v) is 7.34. The molecule has 12 heteroatoms. The van der Waals surface area contributed by atoms with Crippen molar-refractivity contribution in [2.24, 2.45) is 11.8 Å². The molecular formula is C35H46N4O8. The van der Waals surface area contributed by atoms with Crippen molar-refractivity contribution in [1.29, 1.82) is 0 Å². The molecule has 3 rings (SSSR count). The lowest BCUT2D eigenvalue weighted by Gasteiger charge is -2.26. The van der Waals surface area contributed by atoms with Crippen LogP contribution < -0.4 is 21.3 Å². The number of carbonyl (C=O) groups excluding carboxylic acids is 5. The molecule has 0 spiro atoms. The first-order valence-electron chi connectivity index (χ1n) is 16.0. The lowest BCUT2D eigenvalue weighted by Crippen LogP contribution is -2.56. The topological polar surface area (TPSA) is 161 Å². The molecule has 2 aromatic rings. The summed E-state index contributed by atoms with van der Waals surface area (Å²) < 4.78 is 16.1. The van der Waals surface area contributed by atoms with Gasteiger partial charge >= 0.3 is 12.1 Å². The Labute approximate surface area is 276 Å². The van der Waals surface area contributed by atoms with Crippen LogP contribution in [0, 0.1) is 11.8 Å². The molecule has 0 saturated carbocycles. The Hall–Kier alpha value is -4.71. The van der Waals surface area contributed by atoms with Gasteiger partial charge in [-0.1, -0.05) is 80.6 Å². The number of alkyl carbamates (subject to hydrolysis) is 1. The van der Waals surface area contributed by atoms with Crippen LogP contribution in [0.5, 0.6) is 0 Å². The maximum Gasteiger partial charge on any atom is 0.408 e. The summed E-state index contributed by atoms with van der Waals surface area (Å²) >= 11 is 0. The van der Waals surface area contributed by atoms with Crippen LogP contribution in [0.1, 0.15) is 51.2 Å². The molecule has 1 fully saturated rings. The Balaban J connectivity index is 1.72. The van der Waals surface area contributed by atoms with E-state index >= 15 is 0 Å². The second kappa shape index (κ2) is 19.7. The van der Waals surface area contributed by atoms with Crippen LogP contribution >= 0.6 is 0 Å². The first-order chi connectivity index (χ1) is 22.6. The van der Waals surface area contributed by atoms with Gasteiger partial charge in [0.15, 0.2) is 0 Å². The summed E-state index contributed by atoms with van der Waals surface area (Å²) in [6, 6.07) is 15.6. The lowest BCUT2D eigenvalue weighted by atomic mass is 9.97. The minimum atomic E-state index is -1.17. The molecule has 0 aliphatic carbocycles. The molecular weight excluding hydrogens is 604 g/mol. The molecule has 0 aromatic heterocycles. The molecule has 4 atom stereocenters. The molecule has 1 heterocycles. The van der Waals surface area contributed by atoms with Crippen LogP contribution in [0.3, 0.4) is 0 Å². The maximum atomic E-state index is 13.6. The molecule has 0 unspecified atom stereocenters. The predicted octanol–water partition coefficient (Wildman–Crippen LogP) is 3.16. The van der Waals surface area contributed by atoms with Gasteiger partial charge in [0.2, 0.25) is 17.7 Å². The van der Waals surface area contributed by atoms with Crippen LogP contribution in [0.25, 0.3) is 0 Å². The fraction of sp³-hybridized carbons (Fsp3) is 0.457. The SMILES string of the molecule is CCOC(=O)/C=C/[C@H](C[C@@H]1CCNC1=O)NC(=O)[C@H](CC(C)C)NC(=O)[C@H](COCc1ccccc1)NC(=O)OCc1ccccc1. The number of ether oxygens (including phenoxy) is 3. The third-order valence-electron chi connectivity index (χ3n) is 7.34. The molecule has 47 heavy (non-hydrogen) atoms. The summed E-state index contributed by atoms with van der Waals surface area (Å²) in [6.45, 7) is 6.25. The van der Waals surface area contributed by atoms with Gasteiger partial charge in [0, 0.05) is 24.6 Å². The van der Waals surface area contributed by atoms with Gasteiger partial charge in [0.1, 0.15) is 18.7 Å². The first-order valence-corrected chi connectivity index (χ1v) is 16.0. The van der Waals surface area contributed by atoms with Gasteiger partial charge in [-0.15, -0.1) is 0 Å². The Kier molecular flexibility index (Phi) is 15.4. The molecule has 0 radical (unpaired) electrons. The average Bonchev–Trinajstić information content (AvgIpc) is 3.46. The first kappa shape index (κ1) is 36.8. The van der Waals surface area contributed by atoms with Gasteiger partial charge in [-0.05, 0) is 43.2 Å². The zero-order valence-electron chi connectivity index (χ0n) is 27.2. The highest BCUT2D eigenvalue weighted by Gasteiger charge is 2.31. The quantitative estimate of drug-likeness (QED) is 0.141. The highest BCUT2D eigenvalue weighted by Crippen LogP contribution is 2.17. The molecule has 254 valence electrons. The van der Waals surface area contributed by atoms with Crippen LogP contribution in [-0.4, -0.2) is 67.7 Å². The number of esters is 1. The molecule has 1 aliphatic heterocycles. The minimum Gasteiger partial charge on any atom is -0.463 e. The largest absolute Gasteiger partial charge is 0.463 e. The molecule has 4 N–H and O–H groups in total. The third kappa shape index (κ3) is 13.7. The van der Waals surface area contributed by atoms with E-state index in [1.165, 1.54) is 12.2 Å². The number of amides is 4. The highest BCUT2D eigenvalue weighted by molar-refractivity contribution is 5.91. The van der Waals surface area contributed by atoms with Crippen molar-refractivity contribution in [3.8, 4) is 0 Å². The number of nitrogens with one attached hydrogen (secondary N) is 4. The second-order valence-corrected chi connectivity index (χ2v) is 11.7. The summed E-state index contributed by atoms with van der Waals surface area (Å²) in [7, 11) is 0. The molecule has 2 aromatic carbocycles. The van der Waals surface area contributed by atoms with Crippen molar-refractivity contribution in [2.75, 3.05) is 19.8 Å². The molecule has 0 bridgehead atoms. The molecule has 1 aliphatic rings. The number of carbonyl (C=O) groups is 5. The van der Waals surface area contributed by atoms with E-state index in [0.717, 1.165) is 11.1 Å². The summed E-state index contributed by atoms with van der Waals surface area (Å²) in [4.78, 5) is 64.3. The van der Waals surface area contributed by atoms with Crippen LogP contribution in [0.15, 0.2) is 72.8 Å². The molecule has 1 saturated heterocycles. The number of hydrogen-bond acceptors (Lipinski definition) is 8. The second-order valence-electron chi connectivity index (χ2n) is 11.7. The fourth-order valence-corrected chi connectivity index (χ4v) is 4.96. The van der Waals surface area contributed by atoms with Crippen LogP contribution in [-0.2, 0) is 46.6 Å². The Morgan fingerprint density at radius 3 is 2.11 bits per heavy atom. The van der Waals surface area contributed by atoms with Crippen molar-refractivity contribution < 1.29 is 38.2 Å². The standard InChI is InChI=1S/C35H46N4O8/c1-4-46-31(40)16-15-28(20-27-17-18-36-32(27)41)37-33(42)29(19-24(2)3)38-34(43)30(23-45-21-25-11-7-5-8-12-25)39-35(44)47-22-26-13-9-6-10-14-26/h5-16,24,27-30H,4,17-23H2,1-3H3,(H,36,41)(H,37,42)(H,38,43)(H,39,44)/b16-15+/t27-,28+,29-,30-/m0/s1. The summed E-state index contributed by atoms with van der Waals surface area (Å²) in [5.74, 6) is -2.16. The zero-order valence-corrected chi connectivity index (χ0v) is 27.2. The summed E-state index contributed by atoms with van der Waals surface area (Å²) in [5.41, 5.74) is 1.66. The molecule has 12 nitrogen and oxygen atoms in total. The van der Waals surface area contributed by atoms with Crippen molar-refractivity contribution in [2.45, 2.75) is 71.4 Å². The summed E-state index contributed by atoms with van der Waals surface area (Å²) in [6.07, 6.45) is 3.05. The van der Waals surface area contributed by atoms with Crippen LogP contribution in [0.4, 0.5) is 4.79 Å². The lowest BCUT2D eigenvalue weighted by molar-refractivity contribution is -0.137. The highest BCUT2D eigenvalue weighted by atomic mass is 16.5. The number of hydrogen-bond donors (Lipinski definition) is 4. The van der Waals surface area contributed by atoms with Crippen molar-refractivity contribution in [3.63, 3.8) is 0 Å². The van der Waals surface area contributed by atoms with E-state index in [4.69, 9.17) is 14.2 Å². The van der Waals surface area contributed by atoms with E-state index in [-0.39, 0.29) is 57.0 Å². The summed E-state index contributed by atoms with van der Waals surface area (Å²) in [5, 5.41) is 11.0. The van der Waals surface area contributed by atoms with E-state index in [1.807, 2.05) is 74.5 Å². The van der Waals surface area contributed by atoms with E-state index in [1.54, 1.807) is 6.92 Å². The number of rotatable bonds is 18. The van der Waals surface area contributed by atoms with Gasteiger partial charge in [0.05, 0.1) is 19.8 Å². The van der Waals surface area contributed by atoms with Gasteiger partial charge in [-0.25, -0.2) is 9.59 Å². The predicted molar refractivity (Wildman–Crippen MR) is 174 cm³/mol. The normalized spacial score (nSPS) is 16.2. The monoisotopic (exact) mass is 650 g/mol. The minimum absolute atomic E-state index is 0.00396. The van der Waals surface area contributed by atoms with E-state index < -0.39 is 42.0 Å². The zero-order chi connectivity index (χ0) is 34.0. The fourth-order valence-electron chi connectivity index (χ4n) is 4.96. The van der Waals surface area contributed by atoms with E-state index in [9.17, 15) is 24.0 Å². The van der Waals surface area contributed by atoms with Crippen molar-refractivity contribution in [3.05, 3.63) is 83.9 Å². The Morgan fingerprint density at radius 1 is 0.872 bits per heavy atom. The Bertz CT molecular complexity index is 1340. The Morgan fingerprint density at radius 2 is 1.51 bits per heavy atom. The van der Waals surface area contributed by atoms with Gasteiger partial charge in [-0.3, -0.25) is 14.4 Å². The van der Waals surface area contributed by atoms with Gasteiger partial charge in [0.25, 0.3) is 0 Å². The van der Waals surface area contributed by atoms with E-state index in [2.05, 4.69) is 21.3 Å². The van der Waals surface area contributed by atoms with Crippen molar-refractivity contribution >= 4 is 29.8 Å². The van der Waals surface area contributed by atoms with E-state index in [0.29, 0.717) is 13.0 Å². The van der Waals surface area contributed by atoms with Crippen molar-refractivity contribution in [1.82, 2.24) is 21.3 Å².